The fourth-order valence-electron chi connectivity index (χ4n) is 3.02. The first-order chi connectivity index (χ1) is 14.0. The zero-order chi connectivity index (χ0) is 20.9. The molecule has 0 spiro atoms. The van der Waals surface area contributed by atoms with Crippen LogP contribution in [0, 0.1) is 0 Å². The molecule has 3 rings (SSSR count). The lowest BCUT2D eigenvalue weighted by atomic mass is 10.2. The molecule has 0 unspecified atom stereocenters. The third kappa shape index (κ3) is 4.69. The number of para-hydroxylation sites is 1. The Morgan fingerprint density at radius 2 is 1.86 bits per heavy atom. The molecule has 0 saturated carbocycles. The number of rotatable bonds is 7. The maximum Gasteiger partial charge on any atom is 0.259 e. The number of nitrogens with zero attached hydrogens (tertiary/aromatic N) is 1. The number of amides is 1. The van der Waals surface area contributed by atoms with Crippen molar-refractivity contribution in [2.75, 3.05) is 45.3 Å². The highest BCUT2D eigenvalue weighted by Crippen LogP contribution is 2.30. The van der Waals surface area contributed by atoms with Crippen molar-refractivity contribution in [2.45, 2.75) is 11.8 Å². The summed E-state index contributed by atoms with van der Waals surface area (Å²) in [7, 11) is -2.39. The van der Waals surface area contributed by atoms with Crippen molar-refractivity contribution < 1.29 is 27.4 Å². The topological polar surface area (TPSA) is 94.2 Å². The summed E-state index contributed by atoms with van der Waals surface area (Å²) in [5.41, 5.74) is 0.705. The van der Waals surface area contributed by atoms with Crippen LogP contribution in [0.2, 0.25) is 0 Å². The third-order valence-electron chi connectivity index (χ3n) is 4.44. The van der Waals surface area contributed by atoms with Crippen molar-refractivity contribution in [3.8, 4) is 11.5 Å². The SMILES string of the molecule is CCOc1ccccc1C(=O)Nc1ccc(OC)c(S(=O)(=O)N2CCOCC2)c1. The lowest BCUT2D eigenvalue weighted by Gasteiger charge is -2.26. The summed E-state index contributed by atoms with van der Waals surface area (Å²) in [6.45, 7) is 3.47. The van der Waals surface area contributed by atoms with E-state index in [1.54, 1.807) is 30.3 Å². The molecule has 8 nitrogen and oxygen atoms in total. The monoisotopic (exact) mass is 420 g/mol. The Bertz CT molecular complexity index is 971. The molecule has 1 aliphatic heterocycles. The van der Waals surface area contributed by atoms with Gasteiger partial charge in [0.15, 0.2) is 0 Å². The van der Waals surface area contributed by atoms with Crippen LogP contribution in [0.5, 0.6) is 11.5 Å². The lowest BCUT2D eigenvalue weighted by Crippen LogP contribution is -2.40. The number of sulfonamides is 1. The van der Waals surface area contributed by atoms with Crippen LogP contribution in [0.25, 0.3) is 0 Å². The molecule has 1 saturated heterocycles. The first-order valence-electron chi connectivity index (χ1n) is 9.26. The van der Waals surface area contributed by atoms with Crippen molar-refractivity contribution in [3.05, 3.63) is 48.0 Å². The summed E-state index contributed by atoms with van der Waals surface area (Å²) < 4.78 is 43.5. The third-order valence-corrected chi connectivity index (χ3v) is 6.36. The molecule has 0 aliphatic carbocycles. The van der Waals surface area contributed by atoms with Gasteiger partial charge in [-0.1, -0.05) is 12.1 Å². The van der Waals surface area contributed by atoms with Crippen LogP contribution in [-0.2, 0) is 14.8 Å². The summed E-state index contributed by atoms with van der Waals surface area (Å²) >= 11 is 0. The van der Waals surface area contributed by atoms with Crippen LogP contribution >= 0.6 is 0 Å². The zero-order valence-corrected chi connectivity index (χ0v) is 17.2. The van der Waals surface area contributed by atoms with Crippen LogP contribution in [0.1, 0.15) is 17.3 Å². The van der Waals surface area contributed by atoms with Gasteiger partial charge in [0.25, 0.3) is 5.91 Å². The Balaban J connectivity index is 1.90. The second-order valence-electron chi connectivity index (χ2n) is 6.27. The summed E-state index contributed by atoms with van der Waals surface area (Å²) in [5.74, 6) is 0.278. The molecule has 1 heterocycles. The Hall–Kier alpha value is -2.62. The normalized spacial score (nSPS) is 15.0. The highest BCUT2D eigenvalue weighted by molar-refractivity contribution is 7.89. The Morgan fingerprint density at radius 3 is 2.55 bits per heavy atom. The second-order valence-corrected chi connectivity index (χ2v) is 8.17. The fraction of sp³-hybridized carbons (Fsp3) is 0.350. The first-order valence-corrected chi connectivity index (χ1v) is 10.7. The first kappa shape index (κ1) is 21.1. The van der Waals surface area contributed by atoms with Gasteiger partial charge in [-0.25, -0.2) is 8.42 Å². The van der Waals surface area contributed by atoms with Gasteiger partial charge in [0.05, 0.1) is 32.5 Å². The highest BCUT2D eigenvalue weighted by atomic mass is 32.2. The second kappa shape index (κ2) is 9.25. The Labute approximate surface area is 170 Å². The van der Waals surface area contributed by atoms with Gasteiger partial charge in [-0.15, -0.1) is 0 Å². The van der Waals surface area contributed by atoms with Crippen LogP contribution in [0.3, 0.4) is 0 Å². The Kier molecular flexibility index (Phi) is 6.73. The number of ether oxygens (including phenoxy) is 3. The molecule has 1 aliphatic rings. The summed E-state index contributed by atoms with van der Waals surface area (Å²) in [6, 6.07) is 11.4. The van der Waals surface area contributed by atoms with Gasteiger partial charge in [0.1, 0.15) is 16.4 Å². The molecule has 0 bridgehead atoms. The zero-order valence-electron chi connectivity index (χ0n) is 16.4. The lowest BCUT2D eigenvalue weighted by molar-refractivity contribution is 0.0729. The molecule has 0 atom stereocenters. The van der Waals surface area contributed by atoms with E-state index in [2.05, 4.69) is 5.32 Å². The molecule has 2 aromatic carbocycles. The minimum Gasteiger partial charge on any atom is -0.495 e. The highest BCUT2D eigenvalue weighted by Gasteiger charge is 2.29. The van der Waals surface area contributed by atoms with E-state index < -0.39 is 15.9 Å². The van der Waals surface area contributed by atoms with Gasteiger partial charge in [-0.3, -0.25) is 4.79 Å². The Morgan fingerprint density at radius 1 is 1.14 bits per heavy atom. The molecule has 29 heavy (non-hydrogen) atoms. The van der Waals surface area contributed by atoms with Crippen molar-refractivity contribution >= 4 is 21.6 Å². The smallest absolute Gasteiger partial charge is 0.259 e. The van der Waals surface area contributed by atoms with Crippen LogP contribution in [0.15, 0.2) is 47.4 Å². The van der Waals surface area contributed by atoms with Gasteiger partial charge < -0.3 is 19.5 Å². The number of benzene rings is 2. The number of morpholine rings is 1. The average Bonchev–Trinajstić information content (AvgIpc) is 2.75. The molecular formula is C20H24N2O6S. The number of hydrogen-bond acceptors (Lipinski definition) is 6. The molecule has 0 aromatic heterocycles. The van der Waals surface area contributed by atoms with E-state index in [9.17, 15) is 13.2 Å². The predicted molar refractivity (Wildman–Crippen MR) is 108 cm³/mol. The minimum absolute atomic E-state index is 0.00204. The number of carbonyl (C=O) groups excluding carboxylic acids is 1. The summed E-state index contributed by atoms with van der Waals surface area (Å²) in [4.78, 5) is 12.7. The van der Waals surface area contributed by atoms with E-state index in [1.807, 2.05) is 6.92 Å². The predicted octanol–water partition coefficient (Wildman–Crippen LogP) is 2.37. The van der Waals surface area contributed by atoms with E-state index in [0.29, 0.717) is 36.8 Å². The van der Waals surface area contributed by atoms with E-state index >= 15 is 0 Å². The minimum atomic E-state index is -3.79. The average molecular weight is 420 g/mol. The van der Waals surface area contributed by atoms with E-state index in [4.69, 9.17) is 14.2 Å². The quantitative estimate of drug-likeness (QED) is 0.739. The molecule has 1 fully saturated rings. The van der Waals surface area contributed by atoms with Gasteiger partial charge in [0.2, 0.25) is 10.0 Å². The maximum atomic E-state index is 13.1. The standard InChI is InChI=1S/C20H24N2O6S/c1-3-28-17-7-5-4-6-16(17)20(23)21-15-8-9-18(26-2)19(14-15)29(24,25)22-10-12-27-13-11-22/h4-9,14H,3,10-13H2,1-2H3,(H,21,23). The maximum absolute atomic E-state index is 13.1. The summed E-state index contributed by atoms with van der Waals surface area (Å²) in [5, 5.41) is 2.74. The number of nitrogens with one attached hydrogen (secondary N) is 1. The summed E-state index contributed by atoms with van der Waals surface area (Å²) in [6.07, 6.45) is 0. The van der Waals surface area contributed by atoms with Gasteiger partial charge in [0, 0.05) is 18.8 Å². The van der Waals surface area contributed by atoms with Gasteiger partial charge in [-0.2, -0.15) is 4.31 Å². The molecular weight excluding hydrogens is 396 g/mol. The number of anilines is 1. The fourth-order valence-corrected chi connectivity index (χ4v) is 4.61. The van der Waals surface area contributed by atoms with Crippen molar-refractivity contribution in [3.63, 3.8) is 0 Å². The van der Waals surface area contributed by atoms with Crippen LogP contribution < -0.4 is 14.8 Å². The van der Waals surface area contributed by atoms with Gasteiger partial charge >= 0.3 is 0 Å². The van der Waals surface area contributed by atoms with Crippen molar-refractivity contribution in [2.24, 2.45) is 0 Å². The van der Waals surface area contributed by atoms with E-state index in [0.717, 1.165) is 0 Å². The van der Waals surface area contributed by atoms with Crippen molar-refractivity contribution in [1.29, 1.82) is 0 Å². The van der Waals surface area contributed by atoms with E-state index in [-0.39, 0.29) is 23.7 Å². The molecule has 9 heteroatoms. The molecule has 0 radical (unpaired) electrons. The van der Waals surface area contributed by atoms with Crippen molar-refractivity contribution in [1.82, 2.24) is 4.31 Å². The molecule has 2 aromatic rings. The van der Waals surface area contributed by atoms with Gasteiger partial charge in [-0.05, 0) is 37.3 Å². The molecule has 156 valence electrons. The van der Waals surface area contributed by atoms with Crippen LogP contribution in [-0.4, -0.2) is 58.7 Å². The van der Waals surface area contributed by atoms with E-state index in [1.165, 1.54) is 23.5 Å². The number of carbonyl (C=O) groups is 1. The largest absolute Gasteiger partial charge is 0.495 e. The number of hydrogen-bond donors (Lipinski definition) is 1. The van der Waals surface area contributed by atoms with Crippen LogP contribution in [0.4, 0.5) is 5.69 Å². The molecule has 1 amide bonds. The number of methoxy groups -OCH3 is 1. The molecule has 1 N–H and O–H groups in total.